The van der Waals surface area contributed by atoms with Crippen molar-refractivity contribution in [1.29, 1.82) is 0 Å². The standard InChI is InChI=1S/C18H16N4O3S/c23-16(11-3-1-7-19-10-11)20-12-5-6-13-15(9-12)26-18(21-13)22-17(24)14-4-2-8-25-14/h1,3,5-7,9-10,14H,2,4,8H2,(H,20,23)(H,21,22,24)/t14-/m1/s1. The molecule has 132 valence electrons. The number of fused-ring (bicyclic) bond motifs is 1. The van der Waals surface area contributed by atoms with E-state index >= 15 is 0 Å². The van der Waals surface area contributed by atoms with E-state index < -0.39 is 6.10 Å². The number of rotatable bonds is 4. The van der Waals surface area contributed by atoms with Crippen molar-refractivity contribution in [3.05, 3.63) is 48.3 Å². The van der Waals surface area contributed by atoms with E-state index in [0.29, 0.717) is 23.0 Å². The second kappa shape index (κ2) is 7.19. The van der Waals surface area contributed by atoms with Gasteiger partial charge in [-0.1, -0.05) is 11.3 Å². The second-order valence-corrected chi connectivity index (χ2v) is 6.92. The summed E-state index contributed by atoms with van der Waals surface area (Å²) < 4.78 is 6.25. The first-order chi connectivity index (χ1) is 12.7. The summed E-state index contributed by atoms with van der Waals surface area (Å²) in [6.07, 6.45) is 4.38. The number of nitrogens with zero attached hydrogens (tertiary/aromatic N) is 2. The highest BCUT2D eigenvalue weighted by molar-refractivity contribution is 7.22. The van der Waals surface area contributed by atoms with Gasteiger partial charge in [0, 0.05) is 24.7 Å². The molecule has 3 aromatic rings. The highest BCUT2D eigenvalue weighted by Gasteiger charge is 2.24. The highest BCUT2D eigenvalue weighted by atomic mass is 32.1. The Morgan fingerprint density at radius 3 is 2.92 bits per heavy atom. The SMILES string of the molecule is O=C(Nc1ccc2nc(NC(=O)[C@H]3CCCO3)sc2c1)c1cccnc1. The number of ether oxygens (including phenoxy) is 1. The molecule has 2 N–H and O–H groups in total. The van der Waals surface area contributed by atoms with E-state index in [9.17, 15) is 9.59 Å². The monoisotopic (exact) mass is 368 g/mol. The van der Waals surface area contributed by atoms with E-state index in [1.807, 2.05) is 12.1 Å². The van der Waals surface area contributed by atoms with Gasteiger partial charge in [0.2, 0.25) is 0 Å². The lowest BCUT2D eigenvalue weighted by molar-refractivity contribution is -0.124. The van der Waals surface area contributed by atoms with Crippen LogP contribution in [0.2, 0.25) is 0 Å². The van der Waals surface area contributed by atoms with Gasteiger partial charge >= 0.3 is 0 Å². The van der Waals surface area contributed by atoms with Crippen LogP contribution in [0.4, 0.5) is 10.8 Å². The molecular formula is C18H16N4O3S. The number of carbonyl (C=O) groups excluding carboxylic acids is 2. The van der Waals surface area contributed by atoms with Crippen LogP contribution in [0, 0.1) is 0 Å². The maximum absolute atomic E-state index is 12.2. The summed E-state index contributed by atoms with van der Waals surface area (Å²) in [6, 6.07) is 8.84. The van der Waals surface area contributed by atoms with Gasteiger partial charge in [0.15, 0.2) is 5.13 Å². The number of carbonyl (C=O) groups is 2. The summed E-state index contributed by atoms with van der Waals surface area (Å²) in [5.74, 6) is -0.388. The summed E-state index contributed by atoms with van der Waals surface area (Å²) in [6.45, 7) is 0.623. The van der Waals surface area contributed by atoms with E-state index in [-0.39, 0.29) is 11.8 Å². The van der Waals surface area contributed by atoms with Crippen molar-refractivity contribution in [2.75, 3.05) is 17.2 Å². The minimum atomic E-state index is -0.392. The van der Waals surface area contributed by atoms with Gasteiger partial charge in [-0.3, -0.25) is 19.9 Å². The van der Waals surface area contributed by atoms with Crippen LogP contribution in [-0.4, -0.2) is 34.5 Å². The number of anilines is 2. The van der Waals surface area contributed by atoms with Crippen molar-refractivity contribution in [1.82, 2.24) is 9.97 Å². The largest absolute Gasteiger partial charge is 0.368 e. The van der Waals surface area contributed by atoms with Crippen LogP contribution >= 0.6 is 11.3 Å². The summed E-state index contributed by atoms with van der Waals surface area (Å²) in [4.78, 5) is 32.7. The Morgan fingerprint density at radius 1 is 1.23 bits per heavy atom. The fraction of sp³-hybridized carbons (Fsp3) is 0.222. The Morgan fingerprint density at radius 2 is 2.15 bits per heavy atom. The molecule has 1 aromatic carbocycles. The molecule has 0 radical (unpaired) electrons. The molecule has 1 fully saturated rings. The van der Waals surface area contributed by atoms with Gasteiger partial charge in [0.25, 0.3) is 11.8 Å². The van der Waals surface area contributed by atoms with Gasteiger partial charge in [0.1, 0.15) is 6.10 Å². The fourth-order valence-corrected chi connectivity index (χ4v) is 3.63. The van der Waals surface area contributed by atoms with E-state index in [4.69, 9.17) is 4.74 Å². The molecule has 2 aromatic heterocycles. The van der Waals surface area contributed by atoms with Crippen molar-refractivity contribution in [3.8, 4) is 0 Å². The van der Waals surface area contributed by atoms with E-state index in [2.05, 4.69) is 20.6 Å². The molecule has 0 unspecified atom stereocenters. The van der Waals surface area contributed by atoms with Crippen LogP contribution in [-0.2, 0) is 9.53 Å². The Kier molecular flexibility index (Phi) is 4.59. The van der Waals surface area contributed by atoms with Gasteiger partial charge in [-0.05, 0) is 43.2 Å². The zero-order chi connectivity index (χ0) is 17.9. The summed E-state index contributed by atoms with van der Waals surface area (Å²) in [5.41, 5.74) is 1.91. The minimum Gasteiger partial charge on any atom is -0.368 e. The third kappa shape index (κ3) is 3.56. The maximum Gasteiger partial charge on any atom is 0.257 e. The number of thiazole rings is 1. The Balaban J connectivity index is 1.48. The molecule has 0 aliphatic carbocycles. The Labute approximate surface area is 153 Å². The van der Waals surface area contributed by atoms with Crippen molar-refractivity contribution >= 4 is 44.2 Å². The molecule has 0 bridgehead atoms. The second-order valence-electron chi connectivity index (χ2n) is 5.89. The number of benzene rings is 1. The number of pyridine rings is 1. The third-order valence-electron chi connectivity index (χ3n) is 4.02. The Bertz CT molecular complexity index is 951. The number of aromatic nitrogens is 2. The van der Waals surface area contributed by atoms with Crippen LogP contribution < -0.4 is 10.6 Å². The lowest BCUT2D eigenvalue weighted by atomic mass is 10.2. The predicted octanol–water partition coefficient (Wildman–Crippen LogP) is 3.06. The van der Waals surface area contributed by atoms with Crippen LogP contribution in [0.1, 0.15) is 23.2 Å². The molecule has 0 saturated carbocycles. The van der Waals surface area contributed by atoms with E-state index in [1.54, 1.807) is 24.4 Å². The highest BCUT2D eigenvalue weighted by Crippen LogP contribution is 2.29. The topological polar surface area (TPSA) is 93.2 Å². The molecule has 0 spiro atoms. The molecule has 1 saturated heterocycles. The molecule has 2 amide bonds. The van der Waals surface area contributed by atoms with Crippen LogP contribution in [0.3, 0.4) is 0 Å². The third-order valence-corrected chi connectivity index (χ3v) is 4.96. The first-order valence-corrected chi connectivity index (χ1v) is 9.05. The average molecular weight is 368 g/mol. The van der Waals surface area contributed by atoms with Crippen molar-refractivity contribution in [2.45, 2.75) is 18.9 Å². The molecular weight excluding hydrogens is 352 g/mol. The molecule has 3 heterocycles. The van der Waals surface area contributed by atoms with Gasteiger partial charge in [-0.2, -0.15) is 0 Å². The van der Waals surface area contributed by atoms with E-state index in [1.165, 1.54) is 17.5 Å². The molecule has 8 heteroatoms. The molecule has 1 atom stereocenters. The molecule has 7 nitrogen and oxygen atoms in total. The number of hydrogen-bond donors (Lipinski definition) is 2. The summed E-state index contributed by atoms with van der Waals surface area (Å²) in [5, 5.41) is 6.17. The minimum absolute atomic E-state index is 0.161. The van der Waals surface area contributed by atoms with Gasteiger partial charge in [-0.15, -0.1) is 0 Å². The fourth-order valence-electron chi connectivity index (χ4n) is 2.73. The van der Waals surface area contributed by atoms with E-state index in [0.717, 1.165) is 23.1 Å². The Hall–Kier alpha value is -2.84. The summed E-state index contributed by atoms with van der Waals surface area (Å²) in [7, 11) is 0. The molecule has 4 rings (SSSR count). The van der Waals surface area contributed by atoms with Gasteiger partial charge < -0.3 is 10.1 Å². The smallest absolute Gasteiger partial charge is 0.257 e. The number of amides is 2. The van der Waals surface area contributed by atoms with Crippen LogP contribution in [0.25, 0.3) is 10.2 Å². The molecule has 1 aliphatic rings. The van der Waals surface area contributed by atoms with Crippen molar-refractivity contribution < 1.29 is 14.3 Å². The normalized spacial score (nSPS) is 16.5. The first-order valence-electron chi connectivity index (χ1n) is 8.23. The molecule has 26 heavy (non-hydrogen) atoms. The zero-order valence-electron chi connectivity index (χ0n) is 13.8. The van der Waals surface area contributed by atoms with Crippen molar-refractivity contribution in [2.24, 2.45) is 0 Å². The number of hydrogen-bond acceptors (Lipinski definition) is 6. The average Bonchev–Trinajstić information content (AvgIpc) is 3.31. The lowest BCUT2D eigenvalue weighted by Crippen LogP contribution is -2.26. The maximum atomic E-state index is 12.2. The van der Waals surface area contributed by atoms with Gasteiger partial charge in [0.05, 0.1) is 15.8 Å². The lowest BCUT2D eigenvalue weighted by Gasteiger charge is -2.07. The first kappa shape index (κ1) is 16.6. The summed E-state index contributed by atoms with van der Waals surface area (Å²) >= 11 is 1.36. The van der Waals surface area contributed by atoms with Gasteiger partial charge in [-0.25, -0.2) is 4.98 Å². The molecule has 1 aliphatic heterocycles. The number of nitrogens with one attached hydrogen (secondary N) is 2. The van der Waals surface area contributed by atoms with Crippen molar-refractivity contribution in [3.63, 3.8) is 0 Å². The zero-order valence-corrected chi connectivity index (χ0v) is 14.6. The van der Waals surface area contributed by atoms with Crippen LogP contribution in [0.15, 0.2) is 42.7 Å². The predicted molar refractivity (Wildman–Crippen MR) is 99.4 cm³/mol. The quantitative estimate of drug-likeness (QED) is 0.738. The van der Waals surface area contributed by atoms with Crippen LogP contribution in [0.5, 0.6) is 0 Å².